The summed E-state index contributed by atoms with van der Waals surface area (Å²) in [7, 11) is 0. The topological polar surface area (TPSA) is 117 Å². The Kier molecular flexibility index (Phi) is 6.91. The molecule has 9 heteroatoms. The van der Waals surface area contributed by atoms with Crippen LogP contribution in [0.3, 0.4) is 0 Å². The van der Waals surface area contributed by atoms with E-state index in [0.29, 0.717) is 28.3 Å². The smallest absolute Gasteiger partial charge is 0.308 e. The van der Waals surface area contributed by atoms with Gasteiger partial charge in [-0.1, -0.05) is 51.1 Å². The Morgan fingerprint density at radius 2 is 1.81 bits per heavy atom. The highest BCUT2D eigenvalue weighted by atomic mass is 16.2. The van der Waals surface area contributed by atoms with Gasteiger partial charge in [0.05, 0.1) is 17.9 Å². The first kappa shape index (κ1) is 24.7. The largest absolute Gasteiger partial charge is 0.321 e. The van der Waals surface area contributed by atoms with Gasteiger partial charge < -0.3 is 15.5 Å². The van der Waals surface area contributed by atoms with Crippen LogP contribution < -0.4 is 15.5 Å². The number of fused-ring (bicyclic) bond motifs is 1. The summed E-state index contributed by atoms with van der Waals surface area (Å²) in [5.74, 6) is -0.657. The Labute approximate surface area is 209 Å². The number of nitrogens with one attached hydrogen (secondary N) is 2. The Hall–Kier alpha value is -4.40. The first-order valence-corrected chi connectivity index (χ1v) is 11.6. The predicted molar refractivity (Wildman–Crippen MR) is 138 cm³/mol. The quantitative estimate of drug-likeness (QED) is 0.572. The van der Waals surface area contributed by atoms with Gasteiger partial charge in [0.25, 0.3) is 5.91 Å². The number of hydrogen-bond donors (Lipinski definition) is 2. The Morgan fingerprint density at radius 1 is 1.03 bits per heavy atom. The van der Waals surface area contributed by atoms with Gasteiger partial charge >= 0.3 is 6.03 Å². The summed E-state index contributed by atoms with van der Waals surface area (Å²) >= 11 is 0. The lowest BCUT2D eigenvalue weighted by molar-refractivity contribution is -0.127. The van der Waals surface area contributed by atoms with Gasteiger partial charge in [-0.3, -0.25) is 9.59 Å². The first-order valence-electron chi connectivity index (χ1n) is 11.6. The maximum Gasteiger partial charge on any atom is 0.321 e. The lowest BCUT2D eigenvalue weighted by Crippen LogP contribution is -2.50. The van der Waals surface area contributed by atoms with Crippen molar-refractivity contribution in [2.45, 2.75) is 33.9 Å². The van der Waals surface area contributed by atoms with E-state index in [1.165, 1.54) is 11.1 Å². The molecule has 2 aromatic carbocycles. The maximum absolute atomic E-state index is 13.8. The molecule has 0 bridgehead atoms. The predicted octanol–water partition coefficient (Wildman–Crippen LogP) is 3.73. The fourth-order valence-corrected chi connectivity index (χ4v) is 3.71. The molecule has 3 amide bonds. The number of nitrogens with zero attached hydrogens (tertiary/aromatic N) is 4. The summed E-state index contributed by atoms with van der Waals surface area (Å²) in [5.41, 5.74) is 2.83. The number of aromatic nitrogens is 2. The van der Waals surface area contributed by atoms with E-state index in [0.717, 1.165) is 5.56 Å². The number of benzene rings is 2. The van der Waals surface area contributed by atoms with E-state index in [1.807, 2.05) is 31.2 Å². The monoisotopic (exact) mass is 484 g/mol. The molecule has 0 spiro atoms. The minimum Gasteiger partial charge on any atom is -0.308 e. The fourth-order valence-electron chi connectivity index (χ4n) is 3.71. The lowest BCUT2D eigenvalue weighted by atomic mass is 9.90. The van der Waals surface area contributed by atoms with Crippen LogP contribution in [0.1, 0.15) is 37.6 Å². The van der Waals surface area contributed by atoms with Gasteiger partial charge in [0, 0.05) is 22.9 Å². The number of hydrogen-bond acceptors (Lipinski definition) is 6. The molecule has 3 aromatic rings. The van der Waals surface area contributed by atoms with E-state index in [4.69, 9.17) is 0 Å². The normalized spacial score (nSPS) is 15.4. The van der Waals surface area contributed by atoms with Crippen LogP contribution in [0.25, 0.3) is 0 Å². The number of benzodiazepines with no additional fused rings is 1. The van der Waals surface area contributed by atoms with Crippen molar-refractivity contribution < 1.29 is 14.4 Å². The number of carbonyl (C=O) groups is 3. The highest BCUT2D eigenvalue weighted by Gasteiger charge is 2.36. The number of aryl methyl sites for hydroxylation is 1. The van der Waals surface area contributed by atoms with Gasteiger partial charge in [0.2, 0.25) is 6.17 Å². The van der Waals surface area contributed by atoms with Crippen molar-refractivity contribution in [3.8, 4) is 0 Å². The maximum atomic E-state index is 13.8. The zero-order chi connectivity index (χ0) is 25.9. The summed E-state index contributed by atoms with van der Waals surface area (Å²) in [5, 5.41) is 13.5. The van der Waals surface area contributed by atoms with E-state index < -0.39 is 23.5 Å². The molecule has 0 radical (unpaired) electrons. The SMILES string of the molecule is Cc1cccc(NC(=O)N[C@@H]2N=C(c3cccnn3)c3ccccc3N(CC(=O)C(C)(C)C)C2=O)c1. The fraction of sp³-hybridized carbons (Fsp3) is 0.259. The molecule has 0 fully saturated rings. The number of aliphatic imine (C=N–C) groups is 1. The number of carbonyl (C=O) groups excluding carboxylic acids is 3. The summed E-state index contributed by atoms with van der Waals surface area (Å²) in [4.78, 5) is 45.7. The summed E-state index contributed by atoms with van der Waals surface area (Å²) in [6.07, 6.45) is 0.240. The van der Waals surface area contributed by atoms with Crippen molar-refractivity contribution >= 4 is 34.8 Å². The van der Waals surface area contributed by atoms with Gasteiger partial charge in [-0.05, 0) is 42.8 Å². The summed E-state index contributed by atoms with van der Waals surface area (Å²) < 4.78 is 0. The first-order chi connectivity index (χ1) is 17.1. The van der Waals surface area contributed by atoms with Gasteiger partial charge in [-0.2, -0.15) is 5.10 Å². The number of Topliss-reactive ketones (excluding diaryl/α,β-unsaturated/α-hetero) is 1. The molecule has 0 saturated carbocycles. The molecule has 0 saturated heterocycles. The molecule has 9 nitrogen and oxygen atoms in total. The molecule has 0 unspecified atom stereocenters. The molecule has 1 atom stereocenters. The van der Waals surface area contributed by atoms with Crippen LogP contribution in [-0.4, -0.2) is 46.3 Å². The van der Waals surface area contributed by atoms with E-state index in [2.05, 4.69) is 25.8 Å². The van der Waals surface area contributed by atoms with Gasteiger partial charge in [-0.25, -0.2) is 9.79 Å². The highest BCUT2D eigenvalue weighted by Crippen LogP contribution is 2.29. The van der Waals surface area contributed by atoms with Crippen molar-refractivity contribution in [1.82, 2.24) is 15.5 Å². The molecular formula is C27H28N6O3. The van der Waals surface area contributed by atoms with Crippen molar-refractivity contribution in [1.29, 1.82) is 0 Å². The van der Waals surface area contributed by atoms with Crippen LogP contribution in [0, 0.1) is 12.3 Å². The third kappa shape index (κ3) is 5.46. The molecule has 1 aromatic heterocycles. The van der Waals surface area contributed by atoms with Crippen molar-refractivity contribution in [2.75, 3.05) is 16.8 Å². The minimum absolute atomic E-state index is 0.128. The number of anilines is 2. The lowest BCUT2D eigenvalue weighted by Gasteiger charge is -2.28. The second-order valence-electron chi connectivity index (χ2n) is 9.57. The molecule has 184 valence electrons. The number of amides is 3. The third-order valence-electron chi connectivity index (χ3n) is 5.71. The molecule has 1 aliphatic rings. The van der Waals surface area contributed by atoms with E-state index >= 15 is 0 Å². The van der Waals surface area contributed by atoms with Crippen LogP contribution in [0.5, 0.6) is 0 Å². The Morgan fingerprint density at radius 3 is 2.50 bits per heavy atom. The molecule has 4 rings (SSSR count). The van der Waals surface area contributed by atoms with Crippen LogP contribution in [0.2, 0.25) is 0 Å². The minimum atomic E-state index is -1.30. The van der Waals surface area contributed by atoms with Gasteiger partial charge in [-0.15, -0.1) is 5.10 Å². The second kappa shape index (κ2) is 10.1. The highest BCUT2D eigenvalue weighted by molar-refractivity contribution is 6.20. The average Bonchev–Trinajstić information content (AvgIpc) is 2.94. The number of rotatable bonds is 5. The number of para-hydroxylation sites is 1. The summed E-state index contributed by atoms with van der Waals surface area (Å²) in [6.45, 7) is 7.15. The van der Waals surface area contributed by atoms with Crippen LogP contribution >= 0.6 is 0 Å². The molecule has 2 N–H and O–H groups in total. The van der Waals surface area contributed by atoms with Crippen LogP contribution in [-0.2, 0) is 9.59 Å². The molecule has 0 aliphatic carbocycles. The molecule has 1 aliphatic heterocycles. The Bertz CT molecular complexity index is 1330. The van der Waals surface area contributed by atoms with Crippen LogP contribution in [0.4, 0.5) is 16.2 Å². The van der Waals surface area contributed by atoms with E-state index in [-0.39, 0.29) is 12.3 Å². The van der Waals surface area contributed by atoms with Gasteiger partial charge in [0.1, 0.15) is 5.69 Å². The second-order valence-corrected chi connectivity index (χ2v) is 9.57. The van der Waals surface area contributed by atoms with Crippen molar-refractivity contribution in [2.24, 2.45) is 10.4 Å². The molecular weight excluding hydrogens is 456 g/mol. The number of urea groups is 1. The zero-order valence-corrected chi connectivity index (χ0v) is 20.6. The standard InChI is InChI=1S/C27H28N6O3/c1-17-9-7-10-18(15-17)29-26(36)31-24-25(35)33(16-22(34)27(2,3)4)21-13-6-5-11-19(21)23(30-24)20-12-8-14-28-32-20/h5-15,24H,16H2,1-4H3,(H2,29,31,36)/t24-/m0/s1. The zero-order valence-electron chi connectivity index (χ0n) is 20.6. The van der Waals surface area contributed by atoms with Crippen LogP contribution in [0.15, 0.2) is 71.9 Å². The van der Waals surface area contributed by atoms with Gasteiger partial charge in [0.15, 0.2) is 5.78 Å². The van der Waals surface area contributed by atoms with E-state index in [9.17, 15) is 14.4 Å². The van der Waals surface area contributed by atoms with Crippen molar-refractivity contribution in [3.05, 3.63) is 83.7 Å². The van der Waals surface area contributed by atoms with E-state index in [1.54, 1.807) is 57.2 Å². The molecule has 36 heavy (non-hydrogen) atoms. The Balaban J connectivity index is 1.75. The number of ketones is 1. The van der Waals surface area contributed by atoms with Crippen molar-refractivity contribution in [3.63, 3.8) is 0 Å². The third-order valence-corrected chi connectivity index (χ3v) is 5.71. The average molecular weight is 485 g/mol. The molecule has 2 heterocycles. The summed E-state index contributed by atoms with van der Waals surface area (Å²) in [6, 6.07) is 17.3.